The van der Waals surface area contributed by atoms with Crippen LogP contribution in [0.25, 0.3) is 11.1 Å². The van der Waals surface area contributed by atoms with Gasteiger partial charge < -0.3 is 20.6 Å². The van der Waals surface area contributed by atoms with E-state index in [0.717, 1.165) is 0 Å². The average molecular weight is 333 g/mol. The Kier molecular flexibility index (Phi) is 3.59. The molecular formula is C14H9ClN4O4. The van der Waals surface area contributed by atoms with Gasteiger partial charge in [0.2, 0.25) is 5.76 Å². The van der Waals surface area contributed by atoms with Gasteiger partial charge in [0.1, 0.15) is 22.7 Å². The summed E-state index contributed by atoms with van der Waals surface area (Å²) in [5.74, 6) is -1.75. The van der Waals surface area contributed by atoms with Crippen LogP contribution in [-0.2, 0) is 0 Å². The minimum absolute atomic E-state index is 0.0467. The number of pyridine rings is 2. The molecule has 0 aromatic carbocycles. The number of nitrogens with zero attached hydrogens (tertiary/aromatic N) is 2. The highest BCUT2D eigenvalue weighted by molar-refractivity contribution is 6.30. The molecule has 3 heterocycles. The summed E-state index contributed by atoms with van der Waals surface area (Å²) in [6, 6.07) is 5.72. The van der Waals surface area contributed by atoms with Gasteiger partial charge in [-0.25, -0.2) is 14.8 Å². The number of carboxylic acids is 1. The molecule has 0 radical (unpaired) electrons. The fourth-order valence-electron chi connectivity index (χ4n) is 1.90. The number of nitrogen functional groups attached to an aromatic ring is 1. The van der Waals surface area contributed by atoms with Gasteiger partial charge in [-0.3, -0.25) is 4.79 Å². The summed E-state index contributed by atoms with van der Waals surface area (Å²) in [6.45, 7) is 0. The number of nitrogens with one attached hydrogen (secondary N) is 1. The highest BCUT2D eigenvalue weighted by Gasteiger charge is 2.21. The van der Waals surface area contributed by atoms with Crippen molar-refractivity contribution < 1.29 is 19.1 Å². The maximum Gasteiger partial charge on any atom is 0.354 e. The van der Waals surface area contributed by atoms with Gasteiger partial charge in [0.05, 0.1) is 5.02 Å². The van der Waals surface area contributed by atoms with Crippen LogP contribution in [0, 0.1) is 0 Å². The number of furan rings is 1. The predicted octanol–water partition coefficient (Wildman–Crippen LogP) is 2.41. The molecule has 4 N–H and O–H groups in total. The fraction of sp³-hybridized carbons (Fsp3) is 0. The molecule has 0 fully saturated rings. The normalized spacial score (nSPS) is 10.7. The lowest BCUT2D eigenvalue weighted by Gasteiger charge is -2.02. The summed E-state index contributed by atoms with van der Waals surface area (Å²) in [4.78, 5) is 30.9. The quantitative estimate of drug-likeness (QED) is 0.671. The molecule has 116 valence electrons. The Balaban J connectivity index is 1.95. The van der Waals surface area contributed by atoms with Gasteiger partial charge in [-0.2, -0.15) is 0 Å². The van der Waals surface area contributed by atoms with E-state index in [1.807, 2.05) is 0 Å². The molecule has 0 aliphatic heterocycles. The molecule has 0 bridgehead atoms. The number of halogens is 1. The van der Waals surface area contributed by atoms with Crippen molar-refractivity contribution in [2.24, 2.45) is 0 Å². The molecule has 8 nitrogen and oxygen atoms in total. The third kappa shape index (κ3) is 2.79. The first-order chi connectivity index (χ1) is 11.0. The van der Waals surface area contributed by atoms with Crippen LogP contribution in [0.2, 0.25) is 5.02 Å². The summed E-state index contributed by atoms with van der Waals surface area (Å²) in [5.41, 5.74) is 5.91. The summed E-state index contributed by atoms with van der Waals surface area (Å²) in [5, 5.41) is 11.9. The second kappa shape index (κ2) is 5.58. The second-order valence-electron chi connectivity index (χ2n) is 4.51. The van der Waals surface area contributed by atoms with Crippen LogP contribution in [0.1, 0.15) is 21.0 Å². The minimum atomic E-state index is -1.20. The molecule has 0 saturated carbocycles. The molecule has 0 atom stereocenters. The minimum Gasteiger partial charge on any atom is -0.477 e. The predicted molar refractivity (Wildman–Crippen MR) is 82.6 cm³/mol. The smallest absolute Gasteiger partial charge is 0.354 e. The van der Waals surface area contributed by atoms with E-state index < -0.39 is 11.9 Å². The largest absolute Gasteiger partial charge is 0.477 e. The van der Waals surface area contributed by atoms with Gasteiger partial charge in [-0.15, -0.1) is 0 Å². The molecule has 1 amide bonds. The zero-order valence-electron chi connectivity index (χ0n) is 11.4. The first kappa shape index (κ1) is 14.8. The zero-order valence-corrected chi connectivity index (χ0v) is 12.2. The number of aromatic carboxylic acids is 1. The number of fused-ring (bicyclic) bond motifs is 1. The zero-order chi connectivity index (χ0) is 16.6. The van der Waals surface area contributed by atoms with Gasteiger partial charge in [-0.1, -0.05) is 11.6 Å². The first-order valence-corrected chi connectivity index (χ1v) is 6.68. The Morgan fingerprint density at radius 2 is 2.04 bits per heavy atom. The third-order valence-corrected chi connectivity index (χ3v) is 3.19. The summed E-state index contributed by atoms with van der Waals surface area (Å²) >= 11 is 5.71. The molecule has 0 spiro atoms. The molecule has 0 aliphatic carbocycles. The average Bonchev–Trinajstić information content (AvgIpc) is 2.86. The van der Waals surface area contributed by atoms with Gasteiger partial charge >= 0.3 is 5.97 Å². The number of anilines is 2. The number of rotatable bonds is 3. The molecule has 0 saturated heterocycles. The van der Waals surface area contributed by atoms with Crippen LogP contribution in [-0.4, -0.2) is 27.0 Å². The van der Waals surface area contributed by atoms with Crippen LogP contribution in [0.15, 0.2) is 34.9 Å². The molecule has 3 aromatic rings. The highest BCUT2D eigenvalue weighted by Crippen LogP contribution is 2.27. The van der Waals surface area contributed by atoms with E-state index in [9.17, 15) is 9.59 Å². The van der Waals surface area contributed by atoms with Crippen LogP contribution in [0.5, 0.6) is 0 Å². The molecule has 9 heteroatoms. The van der Waals surface area contributed by atoms with E-state index in [2.05, 4.69) is 15.3 Å². The second-order valence-corrected chi connectivity index (χ2v) is 4.95. The van der Waals surface area contributed by atoms with Gasteiger partial charge in [-0.05, 0) is 24.3 Å². The van der Waals surface area contributed by atoms with E-state index in [1.165, 1.54) is 24.4 Å². The number of carbonyl (C=O) groups excluding carboxylic acids is 1. The Labute approximate surface area is 133 Å². The van der Waals surface area contributed by atoms with Crippen molar-refractivity contribution in [3.05, 3.63) is 46.9 Å². The molecule has 23 heavy (non-hydrogen) atoms. The topological polar surface area (TPSA) is 131 Å². The SMILES string of the molecule is Nc1c(C(=O)Nc2ccc(Cl)cn2)oc2ccc(C(=O)O)nc12. The number of carboxylic acid groups (broad SMARTS) is 1. The van der Waals surface area contributed by atoms with E-state index in [1.54, 1.807) is 6.07 Å². The van der Waals surface area contributed by atoms with Crippen molar-refractivity contribution in [3.8, 4) is 0 Å². The monoisotopic (exact) mass is 332 g/mol. The maximum absolute atomic E-state index is 12.2. The van der Waals surface area contributed by atoms with Crippen LogP contribution in [0.4, 0.5) is 11.5 Å². The summed E-state index contributed by atoms with van der Waals surface area (Å²) < 4.78 is 5.34. The molecule has 3 rings (SSSR count). The van der Waals surface area contributed by atoms with E-state index in [4.69, 9.17) is 26.9 Å². The standard InChI is InChI=1S/C14H9ClN4O4/c15-6-1-4-9(17-5-6)19-13(20)12-10(16)11-8(23-12)3-2-7(18-11)14(21)22/h1-5H,16H2,(H,21,22)(H,17,19,20). The van der Waals surface area contributed by atoms with Crippen molar-refractivity contribution in [1.29, 1.82) is 0 Å². The van der Waals surface area contributed by atoms with Gasteiger partial charge in [0, 0.05) is 6.20 Å². The van der Waals surface area contributed by atoms with Crippen LogP contribution < -0.4 is 11.1 Å². The van der Waals surface area contributed by atoms with E-state index in [0.29, 0.717) is 5.02 Å². The number of carbonyl (C=O) groups is 2. The number of nitrogens with two attached hydrogens (primary N) is 1. The highest BCUT2D eigenvalue weighted by atomic mass is 35.5. The molecule has 0 unspecified atom stereocenters. The van der Waals surface area contributed by atoms with Crippen molar-refractivity contribution in [2.45, 2.75) is 0 Å². The Hall–Kier alpha value is -3.13. The number of hydrogen-bond donors (Lipinski definition) is 3. The fourth-order valence-corrected chi connectivity index (χ4v) is 2.02. The summed E-state index contributed by atoms with van der Waals surface area (Å²) in [6.07, 6.45) is 1.37. The Morgan fingerprint density at radius 1 is 1.26 bits per heavy atom. The van der Waals surface area contributed by atoms with Crippen molar-refractivity contribution in [1.82, 2.24) is 9.97 Å². The molecule has 0 aliphatic rings. The van der Waals surface area contributed by atoms with Crippen molar-refractivity contribution in [3.63, 3.8) is 0 Å². The Bertz CT molecular complexity index is 920. The van der Waals surface area contributed by atoms with E-state index in [-0.39, 0.29) is 34.1 Å². The Morgan fingerprint density at radius 3 is 2.70 bits per heavy atom. The van der Waals surface area contributed by atoms with Gasteiger partial charge in [0.15, 0.2) is 5.58 Å². The van der Waals surface area contributed by atoms with Crippen LogP contribution >= 0.6 is 11.6 Å². The van der Waals surface area contributed by atoms with Crippen molar-refractivity contribution in [2.75, 3.05) is 11.1 Å². The molecule has 3 aromatic heterocycles. The van der Waals surface area contributed by atoms with Gasteiger partial charge in [0.25, 0.3) is 5.91 Å². The lowest BCUT2D eigenvalue weighted by molar-refractivity contribution is 0.0690. The summed E-state index contributed by atoms with van der Waals surface area (Å²) in [7, 11) is 0. The lowest BCUT2D eigenvalue weighted by atomic mass is 10.3. The first-order valence-electron chi connectivity index (χ1n) is 6.31. The number of hydrogen-bond acceptors (Lipinski definition) is 6. The van der Waals surface area contributed by atoms with E-state index >= 15 is 0 Å². The van der Waals surface area contributed by atoms with Crippen LogP contribution in [0.3, 0.4) is 0 Å². The molecular weight excluding hydrogens is 324 g/mol. The maximum atomic E-state index is 12.2. The van der Waals surface area contributed by atoms with Crippen molar-refractivity contribution >= 4 is 46.1 Å². The lowest BCUT2D eigenvalue weighted by Crippen LogP contribution is -2.13. The number of aromatic nitrogens is 2. The third-order valence-electron chi connectivity index (χ3n) is 2.96. The number of amides is 1.